The van der Waals surface area contributed by atoms with Crippen molar-refractivity contribution in [2.75, 3.05) is 36.8 Å². The summed E-state index contributed by atoms with van der Waals surface area (Å²) in [7, 11) is 0. The van der Waals surface area contributed by atoms with Crippen LogP contribution in [0.4, 0.5) is 19.6 Å². The molecule has 0 radical (unpaired) electrons. The van der Waals surface area contributed by atoms with Gasteiger partial charge in [-0.05, 0) is 24.3 Å². The predicted molar refractivity (Wildman–Crippen MR) is 144 cm³/mol. The number of nitrogens with two attached hydrogens (primary N) is 1. The van der Waals surface area contributed by atoms with Gasteiger partial charge in [0.15, 0.2) is 10.9 Å². The number of carbonyl (C=O) groups excluding carboxylic acids is 1. The molecule has 1 unspecified atom stereocenters. The molecular weight excluding hydrogens is 532 g/mol. The van der Waals surface area contributed by atoms with Crippen LogP contribution >= 0.6 is 22.9 Å². The first kappa shape index (κ1) is 25.3. The van der Waals surface area contributed by atoms with Gasteiger partial charge in [-0.3, -0.25) is 9.78 Å². The lowest BCUT2D eigenvalue weighted by molar-refractivity contribution is -0.128. The highest BCUT2D eigenvalue weighted by molar-refractivity contribution is 7.22. The van der Waals surface area contributed by atoms with Crippen LogP contribution in [-0.2, 0) is 4.79 Å². The van der Waals surface area contributed by atoms with Crippen molar-refractivity contribution in [3.05, 3.63) is 70.7 Å². The summed E-state index contributed by atoms with van der Waals surface area (Å²) in [5.74, 6) is -1.57. The number of hydrogen-bond acceptors (Lipinski definition) is 7. The van der Waals surface area contributed by atoms with Gasteiger partial charge in [0.05, 0.1) is 26.5 Å². The second-order valence-electron chi connectivity index (χ2n) is 8.58. The number of carbonyl (C=O) groups is 1. The third-order valence-corrected chi connectivity index (χ3v) is 7.68. The maximum absolute atomic E-state index is 16.1. The first-order valence-electron chi connectivity index (χ1n) is 11.4. The number of amides is 1. The van der Waals surface area contributed by atoms with Crippen LogP contribution in [0.25, 0.3) is 37.1 Å². The van der Waals surface area contributed by atoms with Crippen LogP contribution in [0.2, 0.25) is 5.02 Å². The largest absolute Gasteiger partial charge is 0.375 e. The fourth-order valence-electron chi connectivity index (χ4n) is 4.84. The summed E-state index contributed by atoms with van der Waals surface area (Å²) in [5.41, 5.74) is 6.81. The van der Waals surface area contributed by atoms with E-state index in [1.54, 1.807) is 4.90 Å². The number of nitrogen functional groups attached to an aromatic ring is 1. The first-order valence-corrected chi connectivity index (χ1v) is 12.5. The van der Waals surface area contributed by atoms with Gasteiger partial charge < -0.3 is 20.4 Å². The van der Waals surface area contributed by atoms with E-state index in [0.29, 0.717) is 17.6 Å². The zero-order chi connectivity index (χ0) is 27.1. The lowest BCUT2D eigenvalue weighted by atomic mass is 9.99. The van der Waals surface area contributed by atoms with Gasteiger partial charge in [-0.15, -0.1) is 0 Å². The minimum atomic E-state index is -0.754. The Bertz CT molecular complexity index is 1730. The van der Waals surface area contributed by atoms with Crippen molar-refractivity contribution in [3.8, 4) is 17.2 Å². The number of nitriles is 1. The molecule has 2 aromatic carbocycles. The van der Waals surface area contributed by atoms with Gasteiger partial charge in [0.1, 0.15) is 23.4 Å². The Hall–Kier alpha value is -4.32. The van der Waals surface area contributed by atoms with Gasteiger partial charge >= 0.3 is 0 Å². The molecule has 0 bridgehead atoms. The van der Waals surface area contributed by atoms with Gasteiger partial charge in [0.2, 0.25) is 12.5 Å². The quantitative estimate of drug-likeness (QED) is 0.283. The molecule has 4 aromatic rings. The van der Waals surface area contributed by atoms with Crippen molar-refractivity contribution in [2.24, 2.45) is 0 Å². The molecule has 12 heteroatoms. The van der Waals surface area contributed by atoms with Crippen LogP contribution in [0.15, 0.2) is 37.1 Å². The molecule has 2 aromatic heterocycles. The smallest absolute Gasteiger partial charge is 0.246 e. The summed E-state index contributed by atoms with van der Waals surface area (Å²) in [6, 6.07) is 5.77. The Morgan fingerprint density at radius 3 is 2.89 bits per heavy atom. The van der Waals surface area contributed by atoms with Crippen molar-refractivity contribution in [2.45, 2.75) is 6.04 Å². The standard InChI is InChI=1S/C26H18ClF2N7OS/c1-3-19(37)36-7-6-35(12-14(36)11-32-2)24-13(9-30)10-33-22-16(24)8-17(27)20(21(22)29)15-4-5-18(28)25-23(15)34-26(31)38-25/h3-5,8,10,14H,1,6-7,11-12H2,(H2,31,34). The minimum absolute atomic E-state index is 0.00935. The number of thiazole rings is 1. The molecule has 0 saturated carbocycles. The number of rotatable bonds is 4. The summed E-state index contributed by atoms with van der Waals surface area (Å²) in [5, 5.41) is 10.3. The van der Waals surface area contributed by atoms with E-state index in [1.165, 1.54) is 30.5 Å². The molecule has 1 saturated heterocycles. The third-order valence-electron chi connectivity index (χ3n) is 6.49. The summed E-state index contributed by atoms with van der Waals surface area (Å²) in [6.45, 7) is 11.8. The molecule has 1 aliphatic rings. The number of pyridine rings is 1. The Morgan fingerprint density at radius 1 is 1.39 bits per heavy atom. The van der Waals surface area contributed by atoms with E-state index in [2.05, 4.69) is 27.5 Å². The molecule has 8 nitrogen and oxygen atoms in total. The summed E-state index contributed by atoms with van der Waals surface area (Å²) in [6.07, 6.45) is 2.48. The van der Waals surface area contributed by atoms with Crippen LogP contribution in [-0.4, -0.2) is 53.0 Å². The topological polar surface area (TPSA) is 104 Å². The first-order chi connectivity index (χ1) is 18.3. The highest BCUT2D eigenvalue weighted by atomic mass is 35.5. The number of hydrogen-bond donors (Lipinski definition) is 1. The van der Waals surface area contributed by atoms with Crippen LogP contribution in [0.1, 0.15) is 5.56 Å². The second-order valence-corrected chi connectivity index (χ2v) is 10.0. The molecule has 0 aliphatic carbocycles. The molecule has 1 aliphatic heterocycles. The molecule has 38 heavy (non-hydrogen) atoms. The molecule has 1 amide bonds. The Labute approximate surface area is 225 Å². The monoisotopic (exact) mass is 549 g/mol. The summed E-state index contributed by atoms with van der Waals surface area (Å²) in [4.78, 5) is 27.6. The van der Waals surface area contributed by atoms with E-state index in [4.69, 9.17) is 23.9 Å². The predicted octanol–water partition coefficient (Wildman–Crippen LogP) is 5.02. The van der Waals surface area contributed by atoms with Crippen LogP contribution in [0.5, 0.6) is 0 Å². The molecule has 190 valence electrons. The lowest BCUT2D eigenvalue weighted by Gasteiger charge is -2.40. The normalized spacial score (nSPS) is 15.4. The highest BCUT2D eigenvalue weighted by Crippen LogP contribution is 2.43. The molecular formula is C26H18ClF2N7OS. The number of benzene rings is 2. The summed E-state index contributed by atoms with van der Waals surface area (Å²) < 4.78 is 30.7. The zero-order valence-electron chi connectivity index (χ0n) is 19.7. The Kier molecular flexibility index (Phi) is 6.57. The van der Waals surface area contributed by atoms with Gasteiger partial charge in [-0.1, -0.05) is 29.5 Å². The van der Waals surface area contributed by atoms with Gasteiger partial charge in [0, 0.05) is 42.3 Å². The van der Waals surface area contributed by atoms with Gasteiger partial charge in [0.25, 0.3) is 0 Å². The maximum atomic E-state index is 16.1. The molecule has 2 N–H and O–H groups in total. The van der Waals surface area contributed by atoms with Crippen molar-refractivity contribution < 1.29 is 13.6 Å². The maximum Gasteiger partial charge on any atom is 0.246 e. The fourth-order valence-corrected chi connectivity index (χ4v) is 5.90. The van der Waals surface area contributed by atoms with Crippen molar-refractivity contribution in [1.82, 2.24) is 14.9 Å². The number of aromatic nitrogens is 2. The minimum Gasteiger partial charge on any atom is -0.375 e. The summed E-state index contributed by atoms with van der Waals surface area (Å²) >= 11 is 7.59. The Balaban J connectivity index is 1.68. The molecule has 1 atom stereocenters. The SMILES string of the molecule is [C-]#[N+]CC1CN(c2c(C#N)cnc3c(F)c(-c4ccc(F)c5sc(N)nc45)c(Cl)cc23)CCN1C(=O)C=C. The Morgan fingerprint density at radius 2 is 2.18 bits per heavy atom. The molecule has 5 rings (SSSR count). The molecule has 0 spiro atoms. The van der Waals surface area contributed by atoms with E-state index < -0.39 is 17.7 Å². The van der Waals surface area contributed by atoms with E-state index >= 15 is 4.39 Å². The molecule has 1 fully saturated rings. The van der Waals surface area contributed by atoms with Crippen molar-refractivity contribution >= 4 is 60.8 Å². The van der Waals surface area contributed by atoms with Crippen LogP contribution < -0.4 is 10.6 Å². The van der Waals surface area contributed by atoms with E-state index in [9.17, 15) is 14.4 Å². The van der Waals surface area contributed by atoms with E-state index in [1.807, 2.05) is 4.90 Å². The second kappa shape index (κ2) is 9.86. The van der Waals surface area contributed by atoms with Crippen molar-refractivity contribution in [3.63, 3.8) is 0 Å². The fraction of sp³-hybridized carbons (Fsp3) is 0.192. The average molecular weight is 550 g/mol. The number of halogens is 3. The van der Waals surface area contributed by atoms with Crippen LogP contribution in [0.3, 0.4) is 0 Å². The van der Waals surface area contributed by atoms with Gasteiger partial charge in [-0.25, -0.2) is 20.3 Å². The number of anilines is 2. The zero-order valence-corrected chi connectivity index (χ0v) is 21.3. The van der Waals surface area contributed by atoms with E-state index in [-0.39, 0.29) is 68.1 Å². The lowest BCUT2D eigenvalue weighted by Crippen LogP contribution is -2.56. The third kappa shape index (κ3) is 4.06. The number of fused-ring (bicyclic) bond motifs is 2. The van der Waals surface area contributed by atoms with Crippen molar-refractivity contribution in [1.29, 1.82) is 5.26 Å². The molecule has 3 heterocycles. The van der Waals surface area contributed by atoms with E-state index in [0.717, 1.165) is 11.3 Å². The average Bonchev–Trinajstić information content (AvgIpc) is 3.31. The number of nitrogens with zero attached hydrogens (tertiary/aromatic N) is 6. The highest BCUT2D eigenvalue weighted by Gasteiger charge is 2.34. The number of piperazine rings is 1. The van der Waals surface area contributed by atoms with Crippen LogP contribution in [0, 0.1) is 29.5 Å². The van der Waals surface area contributed by atoms with Gasteiger partial charge in [-0.2, -0.15) is 5.26 Å².